The molecule has 0 saturated heterocycles. The third-order valence-corrected chi connectivity index (χ3v) is 1.44. The molecule has 0 aliphatic rings. The van der Waals surface area contributed by atoms with Crippen molar-refractivity contribution in [2.24, 2.45) is 0 Å². The predicted molar refractivity (Wildman–Crippen MR) is 55.8 cm³/mol. The van der Waals surface area contributed by atoms with E-state index in [0.717, 1.165) is 0 Å². The van der Waals surface area contributed by atoms with E-state index in [9.17, 15) is 4.79 Å². The molecule has 0 radical (unpaired) electrons. The Balaban J connectivity index is 4.21. The fourth-order valence-electron chi connectivity index (χ4n) is 0.981. The highest BCUT2D eigenvalue weighted by Gasteiger charge is 1.97. The molecule has 0 heterocycles. The highest BCUT2D eigenvalue weighted by atomic mass is 16.5. The zero-order chi connectivity index (χ0) is 11.0. The van der Waals surface area contributed by atoms with E-state index in [1.165, 1.54) is 12.2 Å². The van der Waals surface area contributed by atoms with Crippen molar-refractivity contribution < 1.29 is 14.3 Å². The van der Waals surface area contributed by atoms with Crippen LogP contribution < -0.4 is 0 Å². The summed E-state index contributed by atoms with van der Waals surface area (Å²) >= 11 is 0. The van der Waals surface area contributed by atoms with Gasteiger partial charge in [-0.25, -0.2) is 0 Å². The lowest BCUT2D eigenvalue weighted by molar-refractivity contribution is -0.110. The van der Waals surface area contributed by atoms with Crippen LogP contribution in [0.1, 0.15) is 27.7 Å². The van der Waals surface area contributed by atoms with Gasteiger partial charge in [-0.2, -0.15) is 0 Å². The fraction of sp³-hybridized carbons (Fsp3) is 0.545. The van der Waals surface area contributed by atoms with Crippen LogP contribution in [0.2, 0.25) is 0 Å². The Labute approximate surface area is 85.4 Å². The number of ketones is 1. The largest absolute Gasteiger partial charge is 0.498 e. The van der Waals surface area contributed by atoms with E-state index in [2.05, 4.69) is 0 Å². The molecule has 0 amide bonds. The summed E-state index contributed by atoms with van der Waals surface area (Å²) < 4.78 is 10.2. The summed E-state index contributed by atoms with van der Waals surface area (Å²) in [6.07, 6.45) is 2.90. The van der Waals surface area contributed by atoms with Crippen molar-refractivity contribution in [2.45, 2.75) is 27.7 Å². The first-order chi connectivity index (χ1) is 6.60. The molecule has 0 bridgehead atoms. The first-order valence-electron chi connectivity index (χ1n) is 4.76. The smallest absolute Gasteiger partial charge is 0.185 e. The van der Waals surface area contributed by atoms with Crippen molar-refractivity contribution in [1.82, 2.24) is 0 Å². The molecule has 80 valence electrons. The fourth-order valence-corrected chi connectivity index (χ4v) is 0.981. The van der Waals surface area contributed by atoms with Crippen LogP contribution in [0.25, 0.3) is 0 Å². The van der Waals surface area contributed by atoms with Crippen LogP contribution in [-0.2, 0) is 14.3 Å². The minimum atomic E-state index is -0.109. The van der Waals surface area contributed by atoms with Gasteiger partial charge in [-0.1, -0.05) is 0 Å². The van der Waals surface area contributed by atoms with Gasteiger partial charge in [0.2, 0.25) is 0 Å². The molecule has 0 unspecified atom stereocenters. The topological polar surface area (TPSA) is 35.5 Å². The molecule has 0 aromatic heterocycles. The number of hydrogen-bond acceptors (Lipinski definition) is 3. The summed E-state index contributed by atoms with van der Waals surface area (Å²) in [4.78, 5) is 11.3. The molecule has 0 atom stereocenters. The maximum absolute atomic E-state index is 11.3. The van der Waals surface area contributed by atoms with Gasteiger partial charge in [0.15, 0.2) is 5.78 Å². The van der Waals surface area contributed by atoms with Crippen molar-refractivity contribution in [3.63, 3.8) is 0 Å². The zero-order valence-electron chi connectivity index (χ0n) is 9.29. The van der Waals surface area contributed by atoms with Gasteiger partial charge in [-0.05, 0) is 27.7 Å². The number of carbonyl (C=O) groups is 1. The Bertz CT molecular complexity index is 215. The van der Waals surface area contributed by atoms with E-state index in [4.69, 9.17) is 9.47 Å². The SMILES string of the molecule is CCO/C(C)=C/C(=O)/C=C(\C)OCC. The molecule has 0 N–H and O–H groups in total. The van der Waals surface area contributed by atoms with Crippen molar-refractivity contribution in [3.8, 4) is 0 Å². The Kier molecular flexibility index (Phi) is 6.54. The third-order valence-electron chi connectivity index (χ3n) is 1.44. The van der Waals surface area contributed by atoms with Gasteiger partial charge in [-0.3, -0.25) is 4.79 Å². The van der Waals surface area contributed by atoms with Crippen LogP contribution in [-0.4, -0.2) is 19.0 Å². The predicted octanol–water partition coefficient (Wildman–Crippen LogP) is 2.44. The van der Waals surface area contributed by atoms with E-state index >= 15 is 0 Å². The summed E-state index contributed by atoms with van der Waals surface area (Å²) in [6.45, 7) is 8.41. The van der Waals surface area contributed by atoms with Crippen molar-refractivity contribution in [1.29, 1.82) is 0 Å². The number of rotatable bonds is 6. The second-order valence-electron chi connectivity index (χ2n) is 2.78. The Hall–Kier alpha value is -1.25. The van der Waals surface area contributed by atoms with Gasteiger partial charge in [0.25, 0.3) is 0 Å². The van der Waals surface area contributed by atoms with Crippen LogP contribution in [0.15, 0.2) is 23.7 Å². The molecular weight excluding hydrogens is 180 g/mol. The standard InChI is InChI=1S/C11H18O3/c1-5-13-9(3)7-11(12)8-10(4)14-6-2/h7-8H,5-6H2,1-4H3/b9-7+,10-8+. The summed E-state index contributed by atoms with van der Waals surface area (Å²) in [5, 5.41) is 0. The first kappa shape index (κ1) is 12.8. The lowest BCUT2D eigenvalue weighted by atomic mass is 10.3. The first-order valence-corrected chi connectivity index (χ1v) is 4.76. The average molecular weight is 198 g/mol. The molecule has 0 aliphatic heterocycles. The molecule has 0 fully saturated rings. The molecule has 14 heavy (non-hydrogen) atoms. The Morgan fingerprint density at radius 1 is 1.00 bits per heavy atom. The van der Waals surface area contributed by atoms with Gasteiger partial charge in [0.05, 0.1) is 24.7 Å². The average Bonchev–Trinajstić information content (AvgIpc) is 2.03. The highest BCUT2D eigenvalue weighted by Crippen LogP contribution is 1.99. The second kappa shape index (κ2) is 7.18. The van der Waals surface area contributed by atoms with Crippen LogP contribution in [0.5, 0.6) is 0 Å². The minimum absolute atomic E-state index is 0.109. The van der Waals surface area contributed by atoms with E-state index in [1.54, 1.807) is 13.8 Å². The van der Waals surface area contributed by atoms with Crippen molar-refractivity contribution in [3.05, 3.63) is 23.7 Å². The third kappa shape index (κ3) is 6.29. The number of carbonyl (C=O) groups excluding carboxylic acids is 1. The molecule has 0 aliphatic carbocycles. The highest BCUT2D eigenvalue weighted by molar-refractivity contribution is 5.99. The van der Waals surface area contributed by atoms with Crippen LogP contribution in [0.3, 0.4) is 0 Å². The summed E-state index contributed by atoms with van der Waals surface area (Å²) in [6, 6.07) is 0. The molecule has 0 aromatic rings. The number of hydrogen-bond donors (Lipinski definition) is 0. The summed E-state index contributed by atoms with van der Waals surface area (Å²) in [5.41, 5.74) is 0. The molecule has 0 saturated carbocycles. The van der Waals surface area contributed by atoms with E-state index in [-0.39, 0.29) is 5.78 Å². The van der Waals surface area contributed by atoms with Gasteiger partial charge < -0.3 is 9.47 Å². The van der Waals surface area contributed by atoms with Crippen LogP contribution in [0.4, 0.5) is 0 Å². The molecule has 0 spiro atoms. The molecular formula is C11H18O3. The lowest BCUT2D eigenvalue weighted by Gasteiger charge is -2.02. The van der Waals surface area contributed by atoms with Gasteiger partial charge in [0, 0.05) is 12.2 Å². The summed E-state index contributed by atoms with van der Waals surface area (Å²) in [5.74, 6) is 1.14. The lowest BCUT2D eigenvalue weighted by Crippen LogP contribution is -1.96. The van der Waals surface area contributed by atoms with Crippen LogP contribution >= 0.6 is 0 Å². The van der Waals surface area contributed by atoms with Crippen molar-refractivity contribution in [2.75, 3.05) is 13.2 Å². The van der Waals surface area contributed by atoms with Crippen LogP contribution in [0, 0.1) is 0 Å². The van der Waals surface area contributed by atoms with Gasteiger partial charge in [0.1, 0.15) is 0 Å². The molecule has 0 aromatic carbocycles. The minimum Gasteiger partial charge on any atom is -0.498 e. The van der Waals surface area contributed by atoms with E-state index in [1.807, 2.05) is 13.8 Å². The Morgan fingerprint density at radius 3 is 1.64 bits per heavy atom. The number of ether oxygens (including phenoxy) is 2. The monoisotopic (exact) mass is 198 g/mol. The van der Waals surface area contributed by atoms with Gasteiger partial charge >= 0.3 is 0 Å². The molecule has 3 nitrogen and oxygen atoms in total. The second-order valence-corrected chi connectivity index (χ2v) is 2.78. The number of allylic oxidation sites excluding steroid dienone is 4. The maximum atomic E-state index is 11.3. The summed E-state index contributed by atoms with van der Waals surface area (Å²) in [7, 11) is 0. The maximum Gasteiger partial charge on any atom is 0.185 e. The quantitative estimate of drug-likeness (QED) is 0.485. The Morgan fingerprint density at radius 2 is 1.36 bits per heavy atom. The van der Waals surface area contributed by atoms with Crippen molar-refractivity contribution >= 4 is 5.78 Å². The van der Waals surface area contributed by atoms with E-state index < -0.39 is 0 Å². The molecule has 0 rings (SSSR count). The van der Waals surface area contributed by atoms with E-state index in [0.29, 0.717) is 24.7 Å². The van der Waals surface area contributed by atoms with Gasteiger partial charge in [-0.15, -0.1) is 0 Å². The molecule has 3 heteroatoms. The zero-order valence-corrected chi connectivity index (χ0v) is 9.29. The normalized spacial score (nSPS) is 12.6.